The fraction of sp³-hybridized carbons (Fsp3) is 0.222. The van der Waals surface area contributed by atoms with Crippen molar-refractivity contribution in [3.05, 3.63) is 53.8 Å². The molecule has 9 heteroatoms. The number of amides is 2. The van der Waals surface area contributed by atoms with Crippen LogP contribution in [0.2, 0.25) is 0 Å². The van der Waals surface area contributed by atoms with Crippen molar-refractivity contribution in [1.82, 2.24) is 5.32 Å². The van der Waals surface area contributed by atoms with Crippen molar-refractivity contribution in [2.75, 3.05) is 24.3 Å². The standard InChI is InChI=1S/C18H18F3N3O3/c1-10(23-12-5-3-4-6-14(12)27-2)18(26)22-9-15(25)24-13-8-7-11(19)16(20)17(13)21/h3-8,10,23H,9H2,1-2H3,(H,22,26)(H,24,25)/t10-/m0/s1. The number of hydrogen-bond acceptors (Lipinski definition) is 4. The highest BCUT2D eigenvalue weighted by Gasteiger charge is 2.18. The Bertz CT molecular complexity index is 846. The Hall–Kier alpha value is -3.23. The molecule has 3 N–H and O–H groups in total. The molecule has 2 aromatic rings. The van der Waals surface area contributed by atoms with Crippen molar-refractivity contribution in [2.24, 2.45) is 0 Å². The van der Waals surface area contributed by atoms with E-state index in [1.165, 1.54) is 7.11 Å². The molecule has 0 bridgehead atoms. The zero-order chi connectivity index (χ0) is 20.0. The summed E-state index contributed by atoms with van der Waals surface area (Å²) in [4.78, 5) is 23.9. The van der Waals surface area contributed by atoms with Gasteiger partial charge in [-0.25, -0.2) is 13.2 Å². The molecule has 0 aliphatic rings. The van der Waals surface area contributed by atoms with Crippen LogP contribution in [-0.2, 0) is 9.59 Å². The average Bonchev–Trinajstić information content (AvgIpc) is 2.67. The van der Waals surface area contributed by atoms with Gasteiger partial charge in [0.2, 0.25) is 11.8 Å². The highest BCUT2D eigenvalue weighted by Crippen LogP contribution is 2.23. The van der Waals surface area contributed by atoms with E-state index in [0.29, 0.717) is 17.5 Å². The van der Waals surface area contributed by atoms with E-state index in [1.807, 2.05) is 0 Å². The minimum Gasteiger partial charge on any atom is -0.495 e. The maximum atomic E-state index is 13.5. The molecule has 0 aromatic heterocycles. The Morgan fingerprint density at radius 3 is 2.44 bits per heavy atom. The molecule has 2 rings (SSSR count). The summed E-state index contributed by atoms with van der Waals surface area (Å²) >= 11 is 0. The van der Waals surface area contributed by atoms with Gasteiger partial charge in [-0.15, -0.1) is 0 Å². The molecule has 0 aliphatic heterocycles. The predicted molar refractivity (Wildman–Crippen MR) is 94.0 cm³/mol. The van der Waals surface area contributed by atoms with Crippen LogP contribution >= 0.6 is 0 Å². The lowest BCUT2D eigenvalue weighted by Crippen LogP contribution is -2.41. The first kappa shape index (κ1) is 20.1. The third-order valence-corrected chi connectivity index (χ3v) is 3.60. The van der Waals surface area contributed by atoms with Gasteiger partial charge in [-0.2, -0.15) is 0 Å². The van der Waals surface area contributed by atoms with Gasteiger partial charge < -0.3 is 20.7 Å². The van der Waals surface area contributed by atoms with E-state index in [4.69, 9.17) is 4.74 Å². The van der Waals surface area contributed by atoms with E-state index in [-0.39, 0.29) is 0 Å². The predicted octanol–water partition coefficient (Wildman–Crippen LogP) is 2.67. The molecule has 0 heterocycles. The first-order chi connectivity index (χ1) is 12.8. The number of carbonyl (C=O) groups is 2. The highest BCUT2D eigenvalue weighted by atomic mass is 19.2. The van der Waals surface area contributed by atoms with Gasteiger partial charge in [-0.1, -0.05) is 12.1 Å². The van der Waals surface area contributed by atoms with Gasteiger partial charge in [-0.05, 0) is 31.2 Å². The van der Waals surface area contributed by atoms with E-state index in [2.05, 4.69) is 16.0 Å². The smallest absolute Gasteiger partial charge is 0.243 e. The number of hydrogen-bond donors (Lipinski definition) is 3. The Kier molecular flexibility index (Phi) is 6.64. The van der Waals surface area contributed by atoms with Gasteiger partial charge in [0, 0.05) is 0 Å². The maximum Gasteiger partial charge on any atom is 0.243 e. The van der Waals surface area contributed by atoms with Gasteiger partial charge in [0.1, 0.15) is 11.8 Å². The number of ether oxygens (including phenoxy) is 1. The van der Waals surface area contributed by atoms with E-state index < -0.39 is 47.5 Å². The second kappa shape index (κ2) is 8.93. The molecule has 0 unspecified atom stereocenters. The molecule has 0 fully saturated rings. The topological polar surface area (TPSA) is 79.5 Å². The molecular formula is C18H18F3N3O3. The third kappa shape index (κ3) is 5.13. The van der Waals surface area contributed by atoms with Gasteiger partial charge in [0.05, 0.1) is 25.0 Å². The molecule has 0 spiro atoms. The summed E-state index contributed by atoms with van der Waals surface area (Å²) in [5, 5.41) is 7.36. The van der Waals surface area contributed by atoms with Crippen LogP contribution in [0, 0.1) is 17.5 Å². The molecule has 0 saturated heterocycles. The number of nitrogens with one attached hydrogen (secondary N) is 3. The summed E-state index contributed by atoms with van der Waals surface area (Å²) in [6.45, 7) is 1.10. The van der Waals surface area contributed by atoms with Crippen LogP contribution in [0.4, 0.5) is 24.5 Å². The summed E-state index contributed by atoms with van der Waals surface area (Å²) in [6.07, 6.45) is 0. The van der Waals surface area contributed by atoms with Crippen LogP contribution in [0.1, 0.15) is 6.92 Å². The van der Waals surface area contributed by atoms with E-state index in [9.17, 15) is 22.8 Å². The van der Waals surface area contributed by atoms with E-state index >= 15 is 0 Å². The number of benzene rings is 2. The van der Waals surface area contributed by atoms with Gasteiger partial charge in [0.15, 0.2) is 17.5 Å². The van der Waals surface area contributed by atoms with Crippen LogP contribution in [-0.4, -0.2) is 31.5 Å². The molecular weight excluding hydrogens is 363 g/mol. The largest absolute Gasteiger partial charge is 0.495 e. The lowest BCUT2D eigenvalue weighted by molar-refractivity contribution is -0.124. The summed E-state index contributed by atoms with van der Waals surface area (Å²) in [6, 6.07) is 7.85. The second-order valence-electron chi connectivity index (χ2n) is 5.56. The second-order valence-corrected chi connectivity index (χ2v) is 5.56. The summed E-state index contributed by atoms with van der Waals surface area (Å²) < 4.78 is 44.7. The fourth-order valence-electron chi connectivity index (χ4n) is 2.20. The molecule has 0 aliphatic carbocycles. The number of rotatable bonds is 7. The van der Waals surface area contributed by atoms with Gasteiger partial charge in [-0.3, -0.25) is 9.59 Å². The normalized spacial score (nSPS) is 11.4. The number of anilines is 2. The number of methoxy groups -OCH3 is 1. The molecule has 2 amide bonds. The minimum atomic E-state index is -1.69. The zero-order valence-electron chi connectivity index (χ0n) is 14.6. The lowest BCUT2D eigenvalue weighted by atomic mass is 10.2. The molecule has 0 radical (unpaired) electrons. The van der Waals surface area contributed by atoms with Crippen LogP contribution < -0.4 is 20.7 Å². The monoisotopic (exact) mass is 381 g/mol. The highest BCUT2D eigenvalue weighted by molar-refractivity contribution is 5.95. The number of halogens is 3. The van der Waals surface area contributed by atoms with Crippen molar-refractivity contribution in [3.8, 4) is 5.75 Å². The molecule has 1 atom stereocenters. The fourth-order valence-corrected chi connectivity index (χ4v) is 2.20. The lowest BCUT2D eigenvalue weighted by Gasteiger charge is -2.17. The van der Waals surface area contributed by atoms with Gasteiger partial charge in [0.25, 0.3) is 0 Å². The Balaban J connectivity index is 1.89. The van der Waals surface area contributed by atoms with Gasteiger partial charge >= 0.3 is 0 Å². The molecule has 0 saturated carbocycles. The third-order valence-electron chi connectivity index (χ3n) is 3.60. The van der Waals surface area contributed by atoms with Crippen molar-refractivity contribution in [2.45, 2.75) is 13.0 Å². The summed E-state index contributed by atoms with van der Waals surface area (Å²) in [7, 11) is 1.49. The van der Waals surface area contributed by atoms with Crippen molar-refractivity contribution in [3.63, 3.8) is 0 Å². The van der Waals surface area contributed by atoms with E-state index in [0.717, 1.165) is 6.07 Å². The number of para-hydroxylation sites is 2. The Morgan fingerprint density at radius 1 is 1.04 bits per heavy atom. The van der Waals surface area contributed by atoms with Crippen LogP contribution in [0.5, 0.6) is 5.75 Å². The first-order valence-electron chi connectivity index (χ1n) is 7.94. The molecule has 2 aromatic carbocycles. The number of carbonyl (C=O) groups excluding carboxylic acids is 2. The first-order valence-corrected chi connectivity index (χ1v) is 7.94. The van der Waals surface area contributed by atoms with Crippen LogP contribution in [0.15, 0.2) is 36.4 Å². The molecule has 27 heavy (non-hydrogen) atoms. The minimum absolute atomic E-state index is 0.477. The van der Waals surface area contributed by atoms with Crippen molar-refractivity contribution in [1.29, 1.82) is 0 Å². The zero-order valence-corrected chi connectivity index (χ0v) is 14.6. The van der Waals surface area contributed by atoms with Crippen LogP contribution in [0.25, 0.3) is 0 Å². The summed E-state index contributed by atoms with van der Waals surface area (Å²) in [5.41, 5.74) is 0.0734. The molecule has 6 nitrogen and oxygen atoms in total. The van der Waals surface area contributed by atoms with Crippen molar-refractivity contribution >= 4 is 23.2 Å². The quantitative estimate of drug-likeness (QED) is 0.645. The Morgan fingerprint density at radius 2 is 1.74 bits per heavy atom. The van der Waals surface area contributed by atoms with Crippen molar-refractivity contribution < 1.29 is 27.5 Å². The molecule has 144 valence electrons. The average molecular weight is 381 g/mol. The van der Waals surface area contributed by atoms with Crippen LogP contribution in [0.3, 0.4) is 0 Å². The SMILES string of the molecule is COc1ccccc1N[C@@H](C)C(=O)NCC(=O)Nc1ccc(F)c(F)c1F. The summed E-state index contributed by atoms with van der Waals surface area (Å²) in [5.74, 6) is -5.31. The Labute approximate surface area is 153 Å². The maximum absolute atomic E-state index is 13.5. The van der Waals surface area contributed by atoms with E-state index in [1.54, 1.807) is 31.2 Å².